The molecule has 6 nitrogen and oxygen atoms in total. The van der Waals surface area contributed by atoms with E-state index in [1.807, 2.05) is 0 Å². The molecule has 1 aromatic heterocycles. The first-order chi connectivity index (χ1) is 8.97. The largest absolute Gasteiger partial charge is 0.375 e. The SMILES string of the molecule is Cn1cc(CNc2cc(Cl)c(F)cc2[N+](=O)[O-])cn1. The number of halogens is 2. The number of hydrogen-bond acceptors (Lipinski definition) is 4. The lowest BCUT2D eigenvalue weighted by Gasteiger charge is -2.06. The molecule has 2 aromatic rings. The highest BCUT2D eigenvalue weighted by atomic mass is 35.5. The predicted octanol–water partition coefficient (Wildman–Crippen LogP) is 2.73. The van der Waals surface area contributed by atoms with Crippen LogP contribution in [0.25, 0.3) is 0 Å². The third-order valence-electron chi connectivity index (χ3n) is 2.48. The van der Waals surface area contributed by atoms with Gasteiger partial charge in [-0.1, -0.05) is 11.6 Å². The molecule has 2 rings (SSSR count). The summed E-state index contributed by atoms with van der Waals surface area (Å²) in [7, 11) is 1.76. The van der Waals surface area contributed by atoms with Gasteiger partial charge in [-0.05, 0) is 6.07 Å². The quantitative estimate of drug-likeness (QED) is 0.692. The van der Waals surface area contributed by atoms with Crippen LogP contribution in [0, 0.1) is 15.9 Å². The van der Waals surface area contributed by atoms with E-state index in [1.54, 1.807) is 24.1 Å². The number of rotatable bonds is 4. The normalized spacial score (nSPS) is 10.5. The number of benzene rings is 1. The summed E-state index contributed by atoms with van der Waals surface area (Å²) in [6.45, 7) is 0.330. The molecule has 8 heteroatoms. The number of nitrogens with one attached hydrogen (secondary N) is 1. The van der Waals surface area contributed by atoms with E-state index in [1.165, 1.54) is 6.07 Å². The Morgan fingerprint density at radius 1 is 1.58 bits per heavy atom. The minimum absolute atomic E-state index is 0.167. The minimum atomic E-state index is -0.819. The van der Waals surface area contributed by atoms with E-state index in [2.05, 4.69) is 10.4 Å². The highest BCUT2D eigenvalue weighted by Crippen LogP contribution is 2.30. The van der Waals surface area contributed by atoms with Crippen LogP contribution >= 0.6 is 11.6 Å². The summed E-state index contributed by atoms with van der Waals surface area (Å²) >= 11 is 5.62. The lowest BCUT2D eigenvalue weighted by molar-refractivity contribution is -0.384. The molecule has 0 radical (unpaired) electrons. The molecule has 0 aliphatic rings. The Morgan fingerprint density at radius 3 is 2.89 bits per heavy atom. The fourth-order valence-corrected chi connectivity index (χ4v) is 1.75. The van der Waals surface area contributed by atoms with Crippen molar-refractivity contribution < 1.29 is 9.31 Å². The van der Waals surface area contributed by atoms with Gasteiger partial charge in [0.05, 0.1) is 22.2 Å². The zero-order valence-electron chi connectivity index (χ0n) is 9.93. The number of aromatic nitrogens is 2. The number of anilines is 1. The van der Waals surface area contributed by atoms with Gasteiger partial charge in [-0.3, -0.25) is 14.8 Å². The third-order valence-corrected chi connectivity index (χ3v) is 2.77. The first kappa shape index (κ1) is 13.3. The topological polar surface area (TPSA) is 73.0 Å². The van der Waals surface area contributed by atoms with Crippen LogP contribution < -0.4 is 5.32 Å². The molecule has 19 heavy (non-hydrogen) atoms. The van der Waals surface area contributed by atoms with Crippen LogP contribution in [0.4, 0.5) is 15.8 Å². The van der Waals surface area contributed by atoms with Gasteiger partial charge in [-0.25, -0.2) is 4.39 Å². The Bertz CT molecular complexity index is 629. The van der Waals surface area contributed by atoms with E-state index in [0.29, 0.717) is 6.54 Å². The van der Waals surface area contributed by atoms with Crippen LogP contribution in [0.15, 0.2) is 24.5 Å². The molecule has 0 aliphatic heterocycles. The fraction of sp³-hybridized carbons (Fsp3) is 0.182. The third kappa shape index (κ3) is 3.00. The van der Waals surface area contributed by atoms with Gasteiger partial charge in [0.25, 0.3) is 5.69 Å². The maximum atomic E-state index is 13.2. The molecular weight excluding hydrogens is 275 g/mol. The summed E-state index contributed by atoms with van der Waals surface area (Å²) in [6.07, 6.45) is 3.40. The van der Waals surface area contributed by atoms with E-state index in [0.717, 1.165) is 11.6 Å². The van der Waals surface area contributed by atoms with Crippen molar-refractivity contribution in [3.05, 3.63) is 51.0 Å². The van der Waals surface area contributed by atoms with Crippen molar-refractivity contribution in [2.75, 3.05) is 5.32 Å². The summed E-state index contributed by atoms with van der Waals surface area (Å²) in [4.78, 5) is 10.2. The van der Waals surface area contributed by atoms with Crippen LogP contribution in [0.3, 0.4) is 0 Å². The summed E-state index contributed by atoms with van der Waals surface area (Å²) in [6, 6.07) is 2.00. The second-order valence-electron chi connectivity index (χ2n) is 3.92. The van der Waals surface area contributed by atoms with Gasteiger partial charge in [0, 0.05) is 25.4 Å². The Labute approximate surface area is 112 Å². The second kappa shape index (κ2) is 5.23. The summed E-state index contributed by atoms with van der Waals surface area (Å²) in [5, 5.41) is 17.5. The molecule has 1 heterocycles. The Balaban J connectivity index is 2.23. The van der Waals surface area contributed by atoms with Gasteiger partial charge in [0.2, 0.25) is 0 Å². The van der Waals surface area contributed by atoms with Crippen LogP contribution in [0.2, 0.25) is 5.02 Å². The lowest BCUT2D eigenvalue weighted by atomic mass is 10.2. The van der Waals surface area contributed by atoms with Crippen molar-refractivity contribution in [3.8, 4) is 0 Å². The van der Waals surface area contributed by atoms with Crippen LogP contribution in [-0.2, 0) is 13.6 Å². The predicted molar refractivity (Wildman–Crippen MR) is 68.6 cm³/mol. The van der Waals surface area contributed by atoms with Gasteiger partial charge in [0.15, 0.2) is 0 Å². The van der Waals surface area contributed by atoms with E-state index in [9.17, 15) is 14.5 Å². The molecule has 100 valence electrons. The molecule has 0 saturated carbocycles. The van der Waals surface area contributed by atoms with Gasteiger partial charge in [-0.2, -0.15) is 5.10 Å². The molecular formula is C11H10ClFN4O2. The van der Waals surface area contributed by atoms with Crippen LogP contribution in [0.1, 0.15) is 5.56 Å². The van der Waals surface area contributed by atoms with E-state index < -0.39 is 10.7 Å². The van der Waals surface area contributed by atoms with Crippen molar-refractivity contribution >= 4 is 23.0 Å². The molecule has 0 spiro atoms. The van der Waals surface area contributed by atoms with E-state index in [-0.39, 0.29) is 16.4 Å². The zero-order chi connectivity index (χ0) is 14.0. The molecule has 0 atom stereocenters. The number of aryl methyl sites for hydroxylation is 1. The smallest absolute Gasteiger partial charge is 0.295 e. The number of nitrogens with zero attached hydrogens (tertiary/aromatic N) is 3. The summed E-state index contributed by atoms with van der Waals surface area (Å²) in [5.41, 5.74) is 0.656. The van der Waals surface area contributed by atoms with Gasteiger partial charge in [-0.15, -0.1) is 0 Å². The maximum absolute atomic E-state index is 13.2. The van der Waals surface area contributed by atoms with Crippen molar-refractivity contribution in [2.45, 2.75) is 6.54 Å². The van der Waals surface area contributed by atoms with Gasteiger partial charge in [0.1, 0.15) is 11.5 Å². The highest BCUT2D eigenvalue weighted by Gasteiger charge is 2.17. The average Bonchev–Trinajstić information content (AvgIpc) is 2.76. The Kier molecular flexibility index (Phi) is 3.66. The number of hydrogen-bond donors (Lipinski definition) is 1. The van der Waals surface area contributed by atoms with Crippen molar-refractivity contribution in [1.29, 1.82) is 0 Å². The average molecular weight is 285 g/mol. The standard InChI is InChI=1S/C11H10ClFN4O2/c1-16-6-7(5-15-16)4-14-10-2-8(12)9(13)3-11(10)17(18)19/h2-3,5-6,14H,4H2,1H3. The molecule has 0 aliphatic carbocycles. The number of nitro benzene ring substituents is 1. The molecule has 0 bridgehead atoms. The Hall–Kier alpha value is -2.15. The Morgan fingerprint density at radius 2 is 2.32 bits per heavy atom. The van der Waals surface area contributed by atoms with Crippen molar-refractivity contribution in [2.24, 2.45) is 7.05 Å². The minimum Gasteiger partial charge on any atom is -0.375 e. The summed E-state index contributed by atoms with van der Waals surface area (Å²) in [5.74, 6) is -0.819. The summed E-state index contributed by atoms with van der Waals surface area (Å²) < 4.78 is 14.8. The first-order valence-corrected chi connectivity index (χ1v) is 5.70. The molecule has 0 saturated heterocycles. The molecule has 1 N–H and O–H groups in total. The van der Waals surface area contributed by atoms with Crippen molar-refractivity contribution in [3.63, 3.8) is 0 Å². The van der Waals surface area contributed by atoms with E-state index >= 15 is 0 Å². The molecule has 1 aromatic carbocycles. The van der Waals surface area contributed by atoms with E-state index in [4.69, 9.17) is 11.6 Å². The lowest BCUT2D eigenvalue weighted by Crippen LogP contribution is -2.03. The fourth-order valence-electron chi connectivity index (χ4n) is 1.59. The van der Waals surface area contributed by atoms with Gasteiger partial charge >= 0.3 is 0 Å². The van der Waals surface area contributed by atoms with Crippen molar-refractivity contribution in [1.82, 2.24) is 9.78 Å². The maximum Gasteiger partial charge on any atom is 0.295 e. The van der Waals surface area contributed by atoms with Gasteiger partial charge < -0.3 is 5.32 Å². The number of nitro groups is 1. The molecule has 0 fully saturated rings. The molecule has 0 amide bonds. The molecule has 0 unspecified atom stereocenters. The second-order valence-corrected chi connectivity index (χ2v) is 4.32. The van der Waals surface area contributed by atoms with Crippen LogP contribution in [-0.4, -0.2) is 14.7 Å². The monoisotopic (exact) mass is 284 g/mol. The van der Waals surface area contributed by atoms with Crippen LogP contribution in [0.5, 0.6) is 0 Å². The first-order valence-electron chi connectivity index (χ1n) is 5.32. The zero-order valence-corrected chi connectivity index (χ0v) is 10.7. The highest BCUT2D eigenvalue weighted by molar-refractivity contribution is 6.31.